The van der Waals surface area contributed by atoms with Gasteiger partial charge in [0.15, 0.2) is 0 Å². The minimum absolute atomic E-state index is 0.335. The number of ether oxygens (including phenoxy) is 2. The van der Waals surface area contributed by atoms with Gasteiger partial charge in [-0.3, -0.25) is 4.98 Å². The second-order valence-electron chi connectivity index (χ2n) is 5.33. The highest BCUT2D eigenvalue weighted by Gasteiger charge is 2.23. The molecule has 0 atom stereocenters. The monoisotopic (exact) mass is 315 g/mol. The van der Waals surface area contributed by atoms with Crippen LogP contribution < -0.4 is 15.0 Å². The normalized spacial score (nSPS) is 14.8. The Balaban J connectivity index is 2.20. The number of hydrogen-bond acceptors (Lipinski definition) is 6. The van der Waals surface area contributed by atoms with Gasteiger partial charge in [0, 0.05) is 37.8 Å². The number of fused-ring (bicyclic) bond motifs is 1. The summed E-state index contributed by atoms with van der Waals surface area (Å²) in [5.41, 5.74) is 2.15. The number of anilines is 1. The molecule has 1 N–H and O–H groups in total. The van der Waals surface area contributed by atoms with Crippen molar-refractivity contribution in [2.24, 2.45) is 0 Å². The van der Waals surface area contributed by atoms with Crippen molar-refractivity contribution in [2.45, 2.75) is 6.92 Å². The fourth-order valence-electron chi connectivity index (χ4n) is 2.93. The quantitative estimate of drug-likeness (QED) is 0.869. The van der Waals surface area contributed by atoms with Crippen molar-refractivity contribution in [3.05, 3.63) is 30.0 Å². The first-order chi connectivity index (χ1) is 11.3. The predicted molar refractivity (Wildman–Crippen MR) is 89.3 cm³/mol. The highest BCUT2D eigenvalue weighted by molar-refractivity contribution is 6.06. The lowest BCUT2D eigenvalue weighted by Gasteiger charge is -2.31. The van der Waals surface area contributed by atoms with Gasteiger partial charge < -0.3 is 19.7 Å². The highest BCUT2D eigenvalue weighted by atomic mass is 16.5. The van der Waals surface area contributed by atoms with Crippen LogP contribution in [0.4, 0.5) is 5.69 Å². The zero-order valence-corrected chi connectivity index (χ0v) is 13.5. The third-order valence-electron chi connectivity index (χ3n) is 3.98. The molecule has 1 fully saturated rings. The van der Waals surface area contributed by atoms with Crippen LogP contribution in [-0.2, 0) is 4.74 Å². The molecule has 0 radical (unpaired) electrons. The number of carbonyl (C=O) groups is 1. The Kier molecular flexibility index (Phi) is 4.62. The van der Waals surface area contributed by atoms with E-state index >= 15 is 0 Å². The summed E-state index contributed by atoms with van der Waals surface area (Å²) in [6.07, 6.45) is 1.60. The van der Waals surface area contributed by atoms with Crippen LogP contribution in [-0.4, -0.2) is 50.8 Å². The van der Waals surface area contributed by atoms with E-state index in [9.17, 15) is 4.79 Å². The van der Waals surface area contributed by atoms with E-state index in [4.69, 9.17) is 9.47 Å². The van der Waals surface area contributed by atoms with E-state index in [-0.39, 0.29) is 5.97 Å². The molecule has 0 amide bonds. The molecule has 23 heavy (non-hydrogen) atoms. The first-order valence-corrected chi connectivity index (χ1v) is 7.84. The molecular formula is C17H21N3O3. The molecule has 1 aromatic carbocycles. The number of pyridine rings is 1. The molecule has 2 aromatic rings. The van der Waals surface area contributed by atoms with Crippen molar-refractivity contribution in [3.8, 4) is 5.75 Å². The zero-order chi connectivity index (χ0) is 16.2. The summed E-state index contributed by atoms with van der Waals surface area (Å²) in [5.74, 6) is 0.368. The molecule has 6 nitrogen and oxygen atoms in total. The molecule has 0 unspecified atom stereocenters. The molecule has 1 saturated heterocycles. The van der Waals surface area contributed by atoms with Crippen molar-refractivity contribution < 1.29 is 14.3 Å². The molecule has 0 aliphatic carbocycles. The van der Waals surface area contributed by atoms with Crippen molar-refractivity contribution in [1.82, 2.24) is 10.3 Å². The van der Waals surface area contributed by atoms with Gasteiger partial charge in [-0.1, -0.05) is 12.1 Å². The molecule has 1 aliphatic heterocycles. The number of aromatic nitrogens is 1. The number of rotatable bonds is 4. The maximum Gasteiger partial charge on any atom is 0.341 e. The molecule has 0 bridgehead atoms. The molecule has 0 saturated carbocycles. The van der Waals surface area contributed by atoms with Crippen LogP contribution in [0, 0.1) is 0 Å². The van der Waals surface area contributed by atoms with Gasteiger partial charge in [0.1, 0.15) is 16.8 Å². The average Bonchev–Trinajstić information content (AvgIpc) is 2.61. The zero-order valence-electron chi connectivity index (χ0n) is 13.5. The molecule has 6 heteroatoms. The summed E-state index contributed by atoms with van der Waals surface area (Å²) in [5, 5.41) is 4.24. The Morgan fingerprint density at radius 1 is 1.35 bits per heavy atom. The Labute approximate surface area is 135 Å². The van der Waals surface area contributed by atoms with Gasteiger partial charge in [-0.15, -0.1) is 0 Å². The summed E-state index contributed by atoms with van der Waals surface area (Å²) in [6.45, 7) is 5.59. The van der Waals surface area contributed by atoms with Gasteiger partial charge in [0.25, 0.3) is 0 Å². The van der Waals surface area contributed by atoms with E-state index < -0.39 is 0 Å². The number of methoxy groups -OCH3 is 1. The molecule has 122 valence electrons. The molecule has 1 aliphatic rings. The third kappa shape index (κ3) is 2.94. The lowest BCUT2D eigenvalue weighted by Crippen LogP contribution is -2.44. The van der Waals surface area contributed by atoms with Crippen LogP contribution in [0.5, 0.6) is 5.75 Å². The number of para-hydroxylation sites is 1. The number of benzene rings is 1. The topological polar surface area (TPSA) is 63.7 Å². The smallest absolute Gasteiger partial charge is 0.341 e. The fourth-order valence-corrected chi connectivity index (χ4v) is 2.93. The fraction of sp³-hybridized carbons (Fsp3) is 0.412. The summed E-state index contributed by atoms with van der Waals surface area (Å²) >= 11 is 0. The average molecular weight is 315 g/mol. The Bertz CT molecular complexity index is 712. The summed E-state index contributed by atoms with van der Waals surface area (Å²) in [6, 6.07) is 5.77. The SMILES string of the molecule is CCOC(=O)c1cnc2c(OC)cccc2c1N1CCNCC1. The maximum absolute atomic E-state index is 12.4. The second-order valence-corrected chi connectivity index (χ2v) is 5.33. The first kappa shape index (κ1) is 15.6. The van der Waals surface area contributed by atoms with Crippen molar-refractivity contribution >= 4 is 22.6 Å². The lowest BCUT2D eigenvalue weighted by atomic mass is 10.1. The van der Waals surface area contributed by atoms with Crippen LogP contribution in [0.2, 0.25) is 0 Å². The highest BCUT2D eigenvalue weighted by Crippen LogP contribution is 2.34. The van der Waals surface area contributed by atoms with E-state index in [0.29, 0.717) is 17.9 Å². The van der Waals surface area contributed by atoms with Crippen LogP contribution in [0.3, 0.4) is 0 Å². The van der Waals surface area contributed by atoms with E-state index in [1.165, 1.54) is 0 Å². The minimum atomic E-state index is -0.335. The number of carbonyl (C=O) groups excluding carboxylic acids is 1. The van der Waals surface area contributed by atoms with Crippen molar-refractivity contribution in [2.75, 3.05) is 44.8 Å². The van der Waals surface area contributed by atoms with Gasteiger partial charge in [-0.05, 0) is 13.0 Å². The number of nitrogens with one attached hydrogen (secondary N) is 1. The van der Waals surface area contributed by atoms with Crippen molar-refractivity contribution in [1.29, 1.82) is 0 Å². The number of hydrogen-bond donors (Lipinski definition) is 1. The van der Waals surface area contributed by atoms with Crippen LogP contribution in [0.1, 0.15) is 17.3 Å². The predicted octanol–water partition coefficient (Wildman–Crippen LogP) is 1.83. The van der Waals surface area contributed by atoms with Crippen LogP contribution in [0.25, 0.3) is 10.9 Å². The maximum atomic E-state index is 12.4. The molecule has 3 rings (SSSR count). The second kappa shape index (κ2) is 6.83. The Hall–Kier alpha value is -2.34. The summed E-state index contributed by atoms with van der Waals surface area (Å²) in [4.78, 5) is 19.0. The molecule has 2 heterocycles. The number of nitrogens with zero attached hydrogens (tertiary/aromatic N) is 2. The van der Waals surface area contributed by atoms with Gasteiger partial charge in [0.2, 0.25) is 0 Å². The van der Waals surface area contributed by atoms with E-state index in [1.807, 2.05) is 18.2 Å². The van der Waals surface area contributed by atoms with E-state index in [1.54, 1.807) is 20.2 Å². The van der Waals surface area contributed by atoms with Gasteiger partial charge in [-0.25, -0.2) is 4.79 Å². The largest absolute Gasteiger partial charge is 0.494 e. The van der Waals surface area contributed by atoms with Gasteiger partial charge >= 0.3 is 5.97 Å². The van der Waals surface area contributed by atoms with Crippen LogP contribution in [0.15, 0.2) is 24.4 Å². The lowest BCUT2D eigenvalue weighted by molar-refractivity contribution is 0.0526. The number of piperazine rings is 1. The summed E-state index contributed by atoms with van der Waals surface area (Å²) in [7, 11) is 1.63. The van der Waals surface area contributed by atoms with E-state index in [2.05, 4.69) is 15.2 Å². The molecular weight excluding hydrogens is 294 g/mol. The Morgan fingerprint density at radius 2 is 2.13 bits per heavy atom. The van der Waals surface area contributed by atoms with Crippen LogP contribution >= 0.6 is 0 Å². The Morgan fingerprint density at radius 3 is 2.83 bits per heavy atom. The molecule has 1 aromatic heterocycles. The van der Waals surface area contributed by atoms with Gasteiger partial charge in [0.05, 0.1) is 19.4 Å². The number of esters is 1. The van der Waals surface area contributed by atoms with Gasteiger partial charge in [-0.2, -0.15) is 0 Å². The van der Waals surface area contributed by atoms with E-state index in [0.717, 1.165) is 42.8 Å². The minimum Gasteiger partial charge on any atom is -0.494 e. The summed E-state index contributed by atoms with van der Waals surface area (Å²) < 4.78 is 10.6. The van der Waals surface area contributed by atoms with Crippen molar-refractivity contribution in [3.63, 3.8) is 0 Å². The third-order valence-corrected chi connectivity index (χ3v) is 3.98. The molecule has 0 spiro atoms. The standard InChI is InChI=1S/C17H21N3O3/c1-3-23-17(21)13-11-19-15-12(5-4-6-14(15)22-2)16(13)20-9-7-18-8-10-20/h4-6,11,18H,3,7-10H2,1-2H3. The first-order valence-electron chi connectivity index (χ1n) is 7.84.